The third kappa shape index (κ3) is 4.94. The quantitative estimate of drug-likeness (QED) is 0.466. The van der Waals surface area contributed by atoms with Gasteiger partial charge in [0.1, 0.15) is 0 Å². The Morgan fingerprint density at radius 1 is 1.09 bits per heavy atom. The van der Waals surface area contributed by atoms with Crippen LogP contribution in [0.3, 0.4) is 0 Å². The molecular weight excluding hydrogens is 446 g/mol. The monoisotopic (exact) mass is 473 g/mol. The lowest BCUT2D eigenvalue weighted by Gasteiger charge is -2.37. The molecule has 0 saturated heterocycles. The Balaban J connectivity index is 1.89. The molecule has 2 N–H and O–H groups in total. The van der Waals surface area contributed by atoms with E-state index in [0.717, 1.165) is 16.8 Å². The van der Waals surface area contributed by atoms with E-state index in [1.807, 2.05) is 25.7 Å². The van der Waals surface area contributed by atoms with Gasteiger partial charge in [-0.2, -0.15) is 0 Å². The van der Waals surface area contributed by atoms with Crippen molar-refractivity contribution in [3.63, 3.8) is 0 Å². The smallest absolute Gasteiger partial charge is 0.338 e. The Hall–Kier alpha value is -2.91. The molecule has 2 aromatic rings. The summed E-state index contributed by atoms with van der Waals surface area (Å²) in [7, 11) is -3.70. The fourth-order valence-corrected chi connectivity index (χ4v) is 5.00. The largest absolute Gasteiger partial charge is 0.463 e. The number of esters is 1. The third-order valence-electron chi connectivity index (χ3n) is 5.24. The Morgan fingerprint density at radius 2 is 1.72 bits per heavy atom. The summed E-state index contributed by atoms with van der Waals surface area (Å²) in [6, 6.07) is 13.0. The highest BCUT2D eigenvalue weighted by Gasteiger charge is 2.34. The van der Waals surface area contributed by atoms with Crippen molar-refractivity contribution in [2.45, 2.75) is 38.6 Å². The molecule has 1 aliphatic heterocycles. The number of ether oxygens (including phenoxy) is 1. The molecule has 3 rings (SSSR count). The number of hydrogen-bond donors (Lipinski definition) is 2. The molecule has 2 aromatic carbocycles. The van der Waals surface area contributed by atoms with Crippen molar-refractivity contribution in [1.29, 1.82) is 0 Å². The van der Waals surface area contributed by atoms with Gasteiger partial charge in [0, 0.05) is 17.9 Å². The average Bonchev–Trinajstić information content (AvgIpc) is 2.74. The minimum absolute atomic E-state index is 0.189. The van der Waals surface area contributed by atoms with Gasteiger partial charge in [-0.25, -0.2) is 13.2 Å². The van der Waals surface area contributed by atoms with Gasteiger partial charge in [-0.3, -0.25) is 4.72 Å². The topological polar surface area (TPSA) is 87.7 Å². The molecule has 0 unspecified atom stereocenters. The van der Waals surface area contributed by atoms with Crippen LogP contribution in [-0.2, 0) is 19.6 Å². The van der Waals surface area contributed by atoms with Gasteiger partial charge < -0.3 is 15.0 Å². The number of hydrogen-bond acceptors (Lipinski definition) is 5. The standard InChI is InChI=1S/C23H27N3O4S2/c1-5-26-16(4)20(22(27)30-6-2)21(24-23(26)31)17-9-11-18(12-10-17)25-32(28,29)19-13-7-15(3)8-14-19/h7-14,21,25H,5-6H2,1-4H3,(H,24,31)/t21-/m1/s1. The van der Waals surface area contributed by atoms with Crippen LogP contribution in [-0.4, -0.2) is 37.6 Å². The number of anilines is 1. The van der Waals surface area contributed by atoms with Crippen molar-refractivity contribution in [3.05, 3.63) is 70.9 Å². The number of nitrogens with one attached hydrogen (secondary N) is 2. The molecule has 1 atom stereocenters. The van der Waals surface area contributed by atoms with Crippen LogP contribution in [0.1, 0.15) is 37.9 Å². The van der Waals surface area contributed by atoms with E-state index >= 15 is 0 Å². The average molecular weight is 474 g/mol. The molecule has 9 heteroatoms. The van der Waals surface area contributed by atoms with Gasteiger partial charge in [0.25, 0.3) is 10.0 Å². The first-order valence-electron chi connectivity index (χ1n) is 10.3. The van der Waals surface area contributed by atoms with Gasteiger partial charge in [-0.1, -0.05) is 29.8 Å². The molecule has 0 saturated carbocycles. The summed E-state index contributed by atoms with van der Waals surface area (Å²) in [5, 5.41) is 3.73. The fourth-order valence-electron chi connectivity index (χ4n) is 3.56. The summed E-state index contributed by atoms with van der Waals surface area (Å²) in [5.41, 5.74) is 3.39. The van der Waals surface area contributed by atoms with Crippen LogP contribution in [0.15, 0.2) is 64.7 Å². The van der Waals surface area contributed by atoms with E-state index in [0.29, 0.717) is 22.9 Å². The molecule has 0 fully saturated rings. The molecule has 32 heavy (non-hydrogen) atoms. The highest BCUT2D eigenvalue weighted by molar-refractivity contribution is 7.92. The summed E-state index contributed by atoms with van der Waals surface area (Å²) in [4.78, 5) is 14.8. The number of nitrogens with zero attached hydrogens (tertiary/aromatic N) is 1. The van der Waals surface area contributed by atoms with Crippen molar-refractivity contribution in [1.82, 2.24) is 10.2 Å². The zero-order chi connectivity index (χ0) is 23.5. The van der Waals surface area contributed by atoms with E-state index in [9.17, 15) is 13.2 Å². The first-order valence-corrected chi connectivity index (χ1v) is 12.2. The normalized spacial score (nSPS) is 16.6. The van der Waals surface area contributed by atoms with Crippen LogP contribution in [0.5, 0.6) is 0 Å². The van der Waals surface area contributed by atoms with E-state index in [4.69, 9.17) is 17.0 Å². The van der Waals surface area contributed by atoms with Crippen LogP contribution >= 0.6 is 12.2 Å². The van der Waals surface area contributed by atoms with Gasteiger partial charge in [0.2, 0.25) is 0 Å². The number of aryl methyl sites for hydroxylation is 1. The lowest BCUT2D eigenvalue weighted by atomic mass is 9.95. The first kappa shape index (κ1) is 23.7. The van der Waals surface area contributed by atoms with Gasteiger partial charge in [0.15, 0.2) is 5.11 Å². The van der Waals surface area contributed by atoms with Crippen molar-refractivity contribution in [2.24, 2.45) is 0 Å². The number of allylic oxidation sites excluding steroid dienone is 1. The molecule has 0 bridgehead atoms. The third-order valence-corrected chi connectivity index (χ3v) is 6.97. The number of sulfonamides is 1. The molecule has 0 amide bonds. The maximum Gasteiger partial charge on any atom is 0.338 e. The van der Waals surface area contributed by atoms with Crippen LogP contribution in [0.25, 0.3) is 0 Å². The number of carbonyl (C=O) groups excluding carboxylic acids is 1. The van der Waals surface area contributed by atoms with Gasteiger partial charge in [-0.15, -0.1) is 0 Å². The lowest BCUT2D eigenvalue weighted by molar-refractivity contribution is -0.139. The molecular formula is C23H27N3O4S2. The van der Waals surface area contributed by atoms with Crippen molar-refractivity contribution in [3.8, 4) is 0 Å². The highest BCUT2D eigenvalue weighted by Crippen LogP contribution is 2.32. The minimum Gasteiger partial charge on any atom is -0.463 e. The van der Waals surface area contributed by atoms with E-state index in [1.54, 1.807) is 55.5 Å². The zero-order valence-electron chi connectivity index (χ0n) is 18.5. The summed E-state index contributed by atoms with van der Waals surface area (Å²) < 4.78 is 33.2. The fraction of sp³-hybridized carbons (Fsp3) is 0.304. The minimum atomic E-state index is -3.70. The Kier molecular flexibility index (Phi) is 7.20. The number of thiocarbonyl (C=S) groups is 1. The Labute approximate surface area is 194 Å². The Morgan fingerprint density at radius 3 is 2.28 bits per heavy atom. The van der Waals surface area contributed by atoms with E-state index in [1.165, 1.54) is 0 Å². The second kappa shape index (κ2) is 9.70. The van der Waals surface area contributed by atoms with E-state index in [2.05, 4.69) is 10.0 Å². The second-order valence-corrected chi connectivity index (χ2v) is 9.46. The molecule has 7 nitrogen and oxygen atoms in total. The molecule has 1 heterocycles. The van der Waals surface area contributed by atoms with E-state index < -0.39 is 22.0 Å². The van der Waals surface area contributed by atoms with E-state index in [-0.39, 0.29) is 11.5 Å². The second-order valence-electron chi connectivity index (χ2n) is 7.39. The van der Waals surface area contributed by atoms with Gasteiger partial charge >= 0.3 is 5.97 Å². The highest BCUT2D eigenvalue weighted by atomic mass is 32.2. The first-order chi connectivity index (χ1) is 15.2. The molecule has 1 aliphatic rings. The zero-order valence-corrected chi connectivity index (χ0v) is 20.1. The molecule has 0 aliphatic carbocycles. The predicted octanol–water partition coefficient (Wildman–Crippen LogP) is 3.88. The number of benzene rings is 2. The van der Waals surface area contributed by atoms with Gasteiger partial charge in [-0.05, 0) is 69.7 Å². The Bertz CT molecular complexity index is 1140. The van der Waals surface area contributed by atoms with Crippen LogP contribution in [0.2, 0.25) is 0 Å². The molecule has 0 radical (unpaired) electrons. The number of carbonyl (C=O) groups is 1. The summed E-state index contributed by atoms with van der Waals surface area (Å²) in [6.45, 7) is 8.34. The number of rotatable bonds is 7. The predicted molar refractivity (Wildman–Crippen MR) is 129 cm³/mol. The van der Waals surface area contributed by atoms with Crippen molar-refractivity contribution < 1.29 is 17.9 Å². The molecule has 0 aromatic heterocycles. The molecule has 0 spiro atoms. The van der Waals surface area contributed by atoms with Crippen LogP contribution < -0.4 is 10.0 Å². The SMILES string of the molecule is CCOC(=O)C1=C(C)N(CC)C(=S)N[C@@H]1c1ccc(NS(=O)(=O)c2ccc(C)cc2)cc1. The lowest BCUT2D eigenvalue weighted by Crippen LogP contribution is -2.47. The summed E-state index contributed by atoms with van der Waals surface area (Å²) in [5.74, 6) is -0.410. The molecule has 170 valence electrons. The van der Waals surface area contributed by atoms with Crippen LogP contribution in [0.4, 0.5) is 5.69 Å². The maximum atomic E-state index is 12.7. The van der Waals surface area contributed by atoms with Crippen molar-refractivity contribution >= 4 is 39.0 Å². The van der Waals surface area contributed by atoms with Gasteiger partial charge in [0.05, 0.1) is 23.1 Å². The van der Waals surface area contributed by atoms with Crippen molar-refractivity contribution in [2.75, 3.05) is 17.9 Å². The summed E-state index contributed by atoms with van der Waals surface area (Å²) in [6.07, 6.45) is 0. The summed E-state index contributed by atoms with van der Waals surface area (Å²) >= 11 is 5.48. The maximum absolute atomic E-state index is 12.7. The van der Waals surface area contributed by atoms with Crippen LogP contribution in [0, 0.1) is 6.92 Å².